The average molecular weight is 231 g/mol. The predicted octanol–water partition coefficient (Wildman–Crippen LogP) is 2.28. The molecular formula is C12H13N3S. The van der Waals surface area contributed by atoms with E-state index in [0.717, 1.165) is 24.3 Å². The third-order valence-corrected chi connectivity index (χ3v) is 3.91. The summed E-state index contributed by atoms with van der Waals surface area (Å²) >= 11 is 1.77. The topological polar surface area (TPSA) is 37.8 Å². The Morgan fingerprint density at radius 1 is 1.31 bits per heavy atom. The van der Waals surface area contributed by atoms with Gasteiger partial charge in [-0.15, -0.1) is 11.3 Å². The Bertz CT molecular complexity index is 460. The van der Waals surface area contributed by atoms with Crippen LogP contribution in [0.5, 0.6) is 0 Å². The van der Waals surface area contributed by atoms with E-state index in [2.05, 4.69) is 15.7 Å². The van der Waals surface area contributed by atoms with Gasteiger partial charge in [0, 0.05) is 35.8 Å². The number of nitrogens with zero attached hydrogens (tertiary/aromatic N) is 2. The molecular weight excluding hydrogens is 218 g/mol. The van der Waals surface area contributed by atoms with Gasteiger partial charge in [0.05, 0.1) is 10.7 Å². The minimum Gasteiger partial charge on any atom is -0.316 e. The fourth-order valence-electron chi connectivity index (χ4n) is 2.00. The predicted molar refractivity (Wildman–Crippen MR) is 65.6 cm³/mol. The maximum absolute atomic E-state index is 4.71. The number of aromatic nitrogens is 2. The number of thiazole rings is 1. The zero-order valence-electron chi connectivity index (χ0n) is 8.89. The van der Waals surface area contributed by atoms with Crippen molar-refractivity contribution in [2.45, 2.75) is 12.3 Å². The second kappa shape index (κ2) is 4.31. The largest absolute Gasteiger partial charge is 0.316 e. The van der Waals surface area contributed by atoms with E-state index >= 15 is 0 Å². The first-order valence-corrected chi connectivity index (χ1v) is 6.38. The number of hydrogen-bond acceptors (Lipinski definition) is 4. The lowest BCUT2D eigenvalue weighted by Gasteiger charge is -2.01. The first-order valence-electron chi connectivity index (χ1n) is 5.50. The second-order valence-electron chi connectivity index (χ2n) is 4.00. The molecule has 1 aliphatic rings. The van der Waals surface area contributed by atoms with E-state index in [1.54, 1.807) is 11.3 Å². The molecule has 0 aliphatic carbocycles. The van der Waals surface area contributed by atoms with Crippen molar-refractivity contribution in [2.75, 3.05) is 13.1 Å². The lowest BCUT2D eigenvalue weighted by Crippen LogP contribution is -2.07. The van der Waals surface area contributed by atoms with E-state index < -0.39 is 0 Å². The smallest absolute Gasteiger partial charge is 0.0976 e. The van der Waals surface area contributed by atoms with Gasteiger partial charge in [0.25, 0.3) is 0 Å². The molecule has 3 nitrogen and oxygen atoms in total. The monoisotopic (exact) mass is 231 g/mol. The Kier molecular flexibility index (Phi) is 2.68. The van der Waals surface area contributed by atoms with Crippen molar-refractivity contribution in [3.63, 3.8) is 0 Å². The van der Waals surface area contributed by atoms with Crippen LogP contribution >= 0.6 is 11.3 Å². The van der Waals surface area contributed by atoms with Gasteiger partial charge >= 0.3 is 0 Å². The van der Waals surface area contributed by atoms with E-state index in [1.165, 1.54) is 11.4 Å². The van der Waals surface area contributed by atoms with Crippen LogP contribution < -0.4 is 5.32 Å². The van der Waals surface area contributed by atoms with Gasteiger partial charge in [-0.2, -0.15) is 0 Å². The highest BCUT2D eigenvalue weighted by atomic mass is 32.1. The summed E-state index contributed by atoms with van der Waals surface area (Å²) in [6, 6.07) is 4.01. The fourth-order valence-corrected chi connectivity index (χ4v) is 2.96. The minimum absolute atomic E-state index is 0.612. The molecule has 0 radical (unpaired) electrons. The standard InChI is InChI=1S/C12H13N3S/c1-4-13-5-2-9(1)11-8-16-12(15-11)10-3-6-14-7-10/h1-2,4-5,8,10,14H,3,6-7H2. The van der Waals surface area contributed by atoms with Crippen molar-refractivity contribution in [1.29, 1.82) is 0 Å². The molecule has 0 aromatic carbocycles. The third-order valence-electron chi connectivity index (χ3n) is 2.91. The second-order valence-corrected chi connectivity index (χ2v) is 4.89. The van der Waals surface area contributed by atoms with Crippen molar-refractivity contribution in [1.82, 2.24) is 15.3 Å². The number of nitrogens with one attached hydrogen (secondary N) is 1. The van der Waals surface area contributed by atoms with Crippen molar-refractivity contribution in [2.24, 2.45) is 0 Å². The molecule has 0 amide bonds. The Balaban J connectivity index is 1.87. The fraction of sp³-hybridized carbons (Fsp3) is 0.333. The molecule has 1 unspecified atom stereocenters. The first kappa shape index (κ1) is 9.93. The number of rotatable bonds is 2. The molecule has 0 spiro atoms. The molecule has 1 fully saturated rings. The van der Waals surface area contributed by atoms with Crippen molar-refractivity contribution >= 4 is 11.3 Å². The van der Waals surface area contributed by atoms with E-state index in [9.17, 15) is 0 Å². The molecule has 2 aromatic rings. The van der Waals surface area contributed by atoms with Crippen LogP contribution in [0.4, 0.5) is 0 Å². The Hall–Kier alpha value is -1.26. The Morgan fingerprint density at radius 3 is 2.94 bits per heavy atom. The minimum atomic E-state index is 0.612. The van der Waals surface area contributed by atoms with E-state index in [4.69, 9.17) is 4.98 Å². The summed E-state index contributed by atoms with van der Waals surface area (Å²) in [5.74, 6) is 0.612. The molecule has 2 aromatic heterocycles. The van der Waals surface area contributed by atoms with E-state index in [0.29, 0.717) is 5.92 Å². The van der Waals surface area contributed by atoms with Gasteiger partial charge in [-0.1, -0.05) is 0 Å². The summed E-state index contributed by atoms with van der Waals surface area (Å²) in [5, 5.41) is 6.78. The molecule has 0 saturated carbocycles. The molecule has 3 heterocycles. The summed E-state index contributed by atoms with van der Waals surface area (Å²) in [4.78, 5) is 8.73. The molecule has 3 rings (SSSR count). The van der Waals surface area contributed by atoms with Crippen LogP contribution in [0.15, 0.2) is 29.9 Å². The van der Waals surface area contributed by atoms with Gasteiger partial charge in [0.2, 0.25) is 0 Å². The summed E-state index contributed by atoms with van der Waals surface area (Å²) in [6.07, 6.45) is 4.83. The van der Waals surface area contributed by atoms with Crippen molar-refractivity contribution in [3.8, 4) is 11.3 Å². The van der Waals surface area contributed by atoms with Crippen LogP contribution in [0.1, 0.15) is 17.3 Å². The summed E-state index contributed by atoms with van der Waals surface area (Å²) in [5.41, 5.74) is 2.23. The van der Waals surface area contributed by atoms with Crippen LogP contribution in [0.3, 0.4) is 0 Å². The first-order chi connectivity index (χ1) is 7.93. The van der Waals surface area contributed by atoms with E-state index in [-0.39, 0.29) is 0 Å². The molecule has 4 heteroatoms. The van der Waals surface area contributed by atoms with Crippen LogP contribution in [0.2, 0.25) is 0 Å². The Morgan fingerprint density at radius 2 is 2.19 bits per heavy atom. The van der Waals surface area contributed by atoms with Gasteiger partial charge in [-0.3, -0.25) is 4.98 Å². The van der Waals surface area contributed by atoms with Crippen LogP contribution in [-0.4, -0.2) is 23.1 Å². The lowest BCUT2D eigenvalue weighted by molar-refractivity contribution is 0.756. The maximum Gasteiger partial charge on any atom is 0.0976 e. The molecule has 1 saturated heterocycles. The summed E-state index contributed by atoms with van der Waals surface area (Å²) in [6.45, 7) is 2.19. The van der Waals surface area contributed by atoms with Gasteiger partial charge in [-0.05, 0) is 25.1 Å². The lowest BCUT2D eigenvalue weighted by atomic mass is 10.1. The molecule has 16 heavy (non-hydrogen) atoms. The van der Waals surface area contributed by atoms with Crippen LogP contribution in [-0.2, 0) is 0 Å². The zero-order valence-corrected chi connectivity index (χ0v) is 9.70. The maximum atomic E-state index is 4.71. The summed E-state index contributed by atoms with van der Waals surface area (Å²) in [7, 11) is 0. The number of pyridine rings is 1. The molecule has 1 N–H and O–H groups in total. The Labute approximate surface area is 98.6 Å². The highest BCUT2D eigenvalue weighted by Gasteiger charge is 2.19. The average Bonchev–Trinajstić information content (AvgIpc) is 3.01. The quantitative estimate of drug-likeness (QED) is 0.861. The number of hydrogen-bond donors (Lipinski definition) is 1. The van der Waals surface area contributed by atoms with Crippen molar-refractivity contribution < 1.29 is 0 Å². The highest BCUT2D eigenvalue weighted by molar-refractivity contribution is 7.10. The third kappa shape index (κ3) is 1.86. The van der Waals surface area contributed by atoms with Gasteiger partial charge in [0.15, 0.2) is 0 Å². The summed E-state index contributed by atoms with van der Waals surface area (Å²) < 4.78 is 0. The SMILES string of the molecule is c1cc(-c2csc(C3CCNC3)n2)ccn1. The zero-order chi connectivity index (χ0) is 10.8. The molecule has 82 valence electrons. The van der Waals surface area contributed by atoms with Crippen LogP contribution in [0.25, 0.3) is 11.3 Å². The van der Waals surface area contributed by atoms with Gasteiger partial charge in [0.1, 0.15) is 0 Å². The highest BCUT2D eigenvalue weighted by Crippen LogP contribution is 2.29. The van der Waals surface area contributed by atoms with Gasteiger partial charge in [-0.25, -0.2) is 4.98 Å². The van der Waals surface area contributed by atoms with Gasteiger partial charge < -0.3 is 5.32 Å². The molecule has 1 atom stereocenters. The van der Waals surface area contributed by atoms with Crippen molar-refractivity contribution in [3.05, 3.63) is 34.9 Å². The molecule has 1 aliphatic heterocycles. The normalized spacial score (nSPS) is 20.1. The van der Waals surface area contributed by atoms with Crippen LogP contribution in [0, 0.1) is 0 Å². The molecule has 0 bridgehead atoms. The van der Waals surface area contributed by atoms with E-state index in [1.807, 2.05) is 24.5 Å².